The van der Waals surface area contributed by atoms with Gasteiger partial charge in [-0.25, -0.2) is 0 Å². The first-order valence-corrected chi connectivity index (χ1v) is 14.9. The number of unbranched alkanes of at least 4 members (excludes halogenated alkanes) is 7. The van der Waals surface area contributed by atoms with Gasteiger partial charge in [0.25, 0.3) is 0 Å². The molecule has 6 nitrogen and oxygen atoms in total. The van der Waals surface area contributed by atoms with Crippen molar-refractivity contribution in [3.8, 4) is 0 Å². The lowest BCUT2D eigenvalue weighted by atomic mass is 10.1. The number of carbonyl (C=O) groups is 2. The molecule has 0 spiro atoms. The fourth-order valence-corrected chi connectivity index (χ4v) is 3.48. The van der Waals surface area contributed by atoms with Gasteiger partial charge in [-0.2, -0.15) is 0 Å². The molecule has 0 aromatic heterocycles. The first-order valence-electron chi connectivity index (χ1n) is 14.9. The molecular weight excluding hydrogens is 492 g/mol. The molecule has 0 fully saturated rings. The van der Waals surface area contributed by atoms with Crippen molar-refractivity contribution in [3.63, 3.8) is 0 Å². The third-order valence-corrected chi connectivity index (χ3v) is 5.92. The van der Waals surface area contributed by atoms with Gasteiger partial charge in [-0.15, -0.1) is 0 Å². The molecule has 0 aliphatic carbocycles. The summed E-state index contributed by atoms with van der Waals surface area (Å²) in [6, 6.07) is 0. The molecule has 0 unspecified atom stereocenters. The second-order valence-corrected chi connectivity index (χ2v) is 9.69. The summed E-state index contributed by atoms with van der Waals surface area (Å²) in [7, 11) is 0. The Labute approximate surface area is 237 Å². The van der Waals surface area contributed by atoms with Crippen LogP contribution in [-0.2, 0) is 19.1 Å². The normalized spacial score (nSPS) is 13.8. The molecule has 0 bridgehead atoms. The van der Waals surface area contributed by atoms with E-state index in [1.54, 1.807) is 6.08 Å². The summed E-state index contributed by atoms with van der Waals surface area (Å²) < 4.78 is 10.1. The van der Waals surface area contributed by atoms with E-state index in [1.165, 1.54) is 25.7 Å². The molecule has 6 heteroatoms. The Morgan fingerprint density at radius 1 is 0.641 bits per heavy atom. The van der Waals surface area contributed by atoms with Crippen molar-refractivity contribution < 1.29 is 29.3 Å². The predicted molar refractivity (Wildman–Crippen MR) is 160 cm³/mol. The number of carbonyl (C=O) groups excluding carboxylic acids is 2. The van der Waals surface area contributed by atoms with E-state index in [0.717, 1.165) is 51.4 Å². The van der Waals surface area contributed by atoms with Gasteiger partial charge in [-0.05, 0) is 44.9 Å². The second kappa shape index (κ2) is 28.6. The quantitative estimate of drug-likeness (QED) is 0.0534. The first-order chi connectivity index (χ1) is 19.0. The predicted octanol–water partition coefficient (Wildman–Crippen LogP) is 7.47. The van der Waals surface area contributed by atoms with E-state index in [2.05, 4.69) is 49.5 Å². The third-order valence-electron chi connectivity index (χ3n) is 5.92. The summed E-state index contributed by atoms with van der Waals surface area (Å²) in [5.74, 6) is -0.665. The van der Waals surface area contributed by atoms with E-state index in [-0.39, 0.29) is 31.3 Å². The Balaban J connectivity index is 3.66. The Kier molecular flexibility index (Phi) is 26.8. The van der Waals surface area contributed by atoms with Gasteiger partial charge < -0.3 is 19.7 Å². The van der Waals surface area contributed by atoms with Gasteiger partial charge in [0.15, 0.2) is 0 Å². The molecule has 0 heterocycles. The molecule has 0 aliphatic rings. The minimum absolute atomic E-state index is 0.145. The van der Waals surface area contributed by atoms with Crippen LogP contribution in [0, 0.1) is 0 Å². The molecule has 2 atom stereocenters. The van der Waals surface area contributed by atoms with Gasteiger partial charge in [0.1, 0.15) is 19.3 Å². The fraction of sp³-hybridized carbons (Fsp3) is 0.636. The lowest BCUT2D eigenvalue weighted by Gasteiger charge is -2.12. The van der Waals surface area contributed by atoms with Crippen molar-refractivity contribution >= 4 is 11.9 Å². The maximum Gasteiger partial charge on any atom is 0.305 e. The number of aliphatic hydroxyl groups excluding tert-OH is 2. The van der Waals surface area contributed by atoms with Gasteiger partial charge in [-0.3, -0.25) is 9.59 Å². The number of rotatable bonds is 25. The molecule has 0 amide bonds. The maximum atomic E-state index is 11.8. The number of hydrogen-bond acceptors (Lipinski definition) is 6. The number of allylic oxidation sites excluding steroid dienone is 9. The van der Waals surface area contributed by atoms with Crippen LogP contribution in [0.3, 0.4) is 0 Å². The SMILES string of the molecule is CCCCCCCCCC(=O)OC[C@@H](O)COC(=O)CCC/C=C\C/C=C\C/C=C\C/C=C\C=C\[C@@H](O)CC. The Morgan fingerprint density at radius 3 is 1.74 bits per heavy atom. The average molecular weight is 547 g/mol. The van der Waals surface area contributed by atoms with Crippen molar-refractivity contribution in [2.24, 2.45) is 0 Å². The molecule has 0 aromatic carbocycles. The Hall–Kier alpha value is -2.44. The van der Waals surface area contributed by atoms with Crippen LogP contribution < -0.4 is 0 Å². The van der Waals surface area contributed by atoms with Crippen molar-refractivity contribution in [1.29, 1.82) is 0 Å². The molecule has 0 rings (SSSR count). The van der Waals surface area contributed by atoms with E-state index in [9.17, 15) is 19.8 Å². The summed E-state index contributed by atoms with van der Waals surface area (Å²) in [6.07, 6.45) is 32.3. The number of ether oxygens (including phenoxy) is 2. The zero-order chi connectivity index (χ0) is 28.8. The van der Waals surface area contributed by atoms with Crippen molar-refractivity contribution in [2.45, 2.75) is 122 Å². The van der Waals surface area contributed by atoms with E-state index < -0.39 is 6.10 Å². The molecule has 222 valence electrons. The highest BCUT2D eigenvalue weighted by atomic mass is 16.6. The number of esters is 2. The average Bonchev–Trinajstić information content (AvgIpc) is 2.93. The van der Waals surface area contributed by atoms with E-state index in [0.29, 0.717) is 19.3 Å². The summed E-state index contributed by atoms with van der Waals surface area (Å²) >= 11 is 0. The molecule has 0 saturated heterocycles. The molecule has 39 heavy (non-hydrogen) atoms. The Bertz CT molecular complexity index is 734. The summed E-state index contributed by atoms with van der Waals surface area (Å²) in [5, 5.41) is 19.3. The van der Waals surface area contributed by atoms with Crippen LogP contribution >= 0.6 is 0 Å². The number of hydrogen-bond donors (Lipinski definition) is 2. The van der Waals surface area contributed by atoms with Crippen LogP contribution in [0.25, 0.3) is 0 Å². The minimum atomic E-state index is -0.993. The van der Waals surface area contributed by atoms with Crippen LogP contribution in [0.5, 0.6) is 0 Å². The molecule has 0 saturated carbocycles. The molecular formula is C33H54O6. The fourth-order valence-electron chi connectivity index (χ4n) is 3.48. The summed E-state index contributed by atoms with van der Waals surface area (Å²) in [4.78, 5) is 23.6. The van der Waals surface area contributed by atoms with Crippen molar-refractivity contribution in [1.82, 2.24) is 0 Å². The van der Waals surface area contributed by atoms with Crippen LogP contribution in [0.1, 0.15) is 110 Å². The zero-order valence-corrected chi connectivity index (χ0v) is 24.5. The Morgan fingerprint density at radius 2 is 1.15 bits per heavy atom. The second-order valence-electron chi connectivity index (χ2n) is 9.69. The lowest BCUT2D eigenvalue weighted by molar-refractivity contribution is -0.152. The van der Waals surface area contributed by atoms with Gasteiger partial charge in [0, 0.05) is 12.8 Å². The van der Waals surface area contributed by atoms with Crippen LogP contribution in [0.15, 0.2) is 60.8 Å². The monoisotopic (exact) mass is 546 g/mol. The highest BCUT2D eigenvalue weighted by Gasteiger charge is 2.11. The maximum absolute atomic E-state index is 11.8. The lowest BCUT2D eigenvalue weighted by Crippen LogP contribution is -2.25. The van der Waals surface area contributed by atoms with E-state index in [1.807, 2.05) is 19.1 Å². The zero-order valence-electron chi connectivity index (χ0n) is 24.5. The van der Waals surface area contributed by atoms with E-state index >= 15 is 0 Å². The number of aliphatic hydroxyl groups is 2. The smallest absolute Gasteiger partial charge is 0.305 e. The molecule has 0 radical (unpaired) electrons. The van der Waals surface area contributed by atoms with Crippen LogP contribution in [0.4, 0.5) is 0 Å². The summed E-state index contributed by atoms with van der Waals surface area (Å²) in [5.41, 5.74) is 0. The molecule has 2 N–H and O–H groups in total. The molecule has 0 aliphatic heterocycles. The third kappa shape index (κ3) is 28.4. The largest absolute Gasteiger partial charge is 0.463 e. The topological polar surface area (TPSA) is 93.1 Å². The first kappa shape index (κ1) is 36.6. The molecule has 0 aromatic rings. The summed E-state index contributed by atoms with van der Waals surface area (Å²) in [6.45, 7) is 3.83. The van der Waals surface area contributed by atoms with Crippen molar-refractivity contribution in [3.05, 3.63) is 60.8 Å². The van der Waals surface area contributed by atoms with Crippen LogP contribution in [-0.4, -0.2) is 47.6 Å². The highest BCUT2D eigenvalue weighted by molar-refractivity contribution is 5.69. The highest BCUT2D eigenvalue weighted by Crippen LogP contribution is 2.09. The minimum Gasteiger partial charge on any atom is -0.463 e. The van der Waals surface area contributed by atoms with Crippen molar-refractivity contribution in [2.75, 3.05) is 13.2 Å². The van der Waals surface area contributed by atoms with Gasteiger partial charge in [0.05, 0.1) is 6.10 Å². The standard InChI is InChI=1S/C33H54O6/c1-3-5-6-7-16-20-23-26-32(36)38-28-31(35)29-39-33(37)27-24-21-18-15-13-11-9-8-10-12-14-17-19-22-25-30(34)4-2/h9-12,15,17-19,22,25,30-31,34-35H,3-8,13-14,16,20-21,23-24,26-29H2,1-2H3/b11-9-,12-10-,18-15-,19-17-,25-22+/t30-,31+/m0/s1. The van der Waals surface area contributed by atoms with Crippen LogP contribution in [0.2, 0.25) is 0 Å². The van der Waals surface area contributed by atoms with Gasteiger partial charge in [-0.1, -0.05) is 113 Å². The van der Waals surface area contributed by atoms with E-state index in [4.69, 9.17) is 9.47 Å². The van der Waals surface area contributed by atoms with Gasteiger partial charge >= 0.3 is 11.9 Å². The van der Waals surface area contributed by atoms with Gasteiger partial charge in [0.2, 0.25) is 0 Å².